The number of benzene rings is 2. The largest absolute Gasteiger partial charge is 0.495 e. The first-order valence-corrected chi connectivity index (χ1v) is 7.40. The molecule has 1 N–H and O–H groups in total. The zero-order chi connectivity index (χ0) is 15.7. The Labute approximate surface area is 138 Å². The van der Waals surface area contributed by atoms with E-state index in [1.54, 1.807) is 19.2 Å². The lowest BCUT2D eigenvalue weighted by atomic mass is 9.98. The van der Waals surface area contributed by atoms with Crippen LogP contribution < -0.4 is 4.74 Å². The SMILES string of the molecule is COc1ccc(-c2ccc(Cl)cc2Cl)c2c(CC#N)c[nH]c12. The zero-order valence-corrected chi connectivity index (χ0v) is 13.3. The Bertz CT molecular complexity index is 894. The average molecular weight is 331 g/mol. The van der Waals surface area contributed by atoms with Crippen LogP contribution in [0, 0.1) is 11.3 Å². The highest BCUT2D eigenvalue weighted by atomic mass is 35.5. The Kier molecular flexibility index (Phi) is 3.98. The van der Waals surface area contributed by atoms with Crippen LogP contribution in [0.4, 0.5) is 0 Å². The van der Waals surface area contributed by atoms with Gasteiger partial charge in [-0.25, -0.2) is 0 Å². The molecule has 3 nitrogen and oxygen atoms in total. The molecule has 0 aliphatic carbocycles. The van der Waals surface area contributed by atoms with Crippen molar-refractivity contribution in [2.75, 3.05) is 7.11 Å². The number of aromatic amines is 1. The number of halogens is 2. The zero-order valence-electron chi connectivity index (χ0n) is 11.8. The highest BCUT2D eigenvalue weighted by molar-refractivity contribution is 6.36. The van der Waals surface area contributed by atoms with E-state index < -0.39 is 0 Å². The van der Waals surface area contributed by atoms with Crippen molar-refractivity contribution in [1.82, 2.24) is 4.98 Å². The molecular weight excluding hydrogens is 319 g/mol. The topological polar surface area (TPSA) is 48.8 Å². The number of nitrogens with zero attached hydrogens (tertiary/aromatic N) is 1. The van der Waals surface area contributed by atoms with Gasteiger partial charge in [0, 0.05) is 27.2 Å². The molecule has 0 atom stereocenters. The molecule has 0 aliphatic heterocycles. The molecule has 22 heavy (non-hydrogen) atoms. The minimum absolute atomic E-state index is 0.311. The molecule has 0 saturated carbocycles. The van der Waals surface area contributed by atoms with Crippen LogP contribution in [0.5, 0.6) is 5.75 Å². The number of aromatic nitrogens is 1. The van der Waals surface area contributed by atoms with E-state index >= 15 is 0 Å². The van der Waals surface area contributed by atoms with E-state index in [0.717, 1.165) is 33.3 Å². The molecule has 0 aliphatic rings. The summed E-state index contributed by atoms with van der Waals surface area (Å²) in [5.74, 6) is 0.730. The molecule has 0 radical (unpaired) electrons. The number of ether oxygens (including phenoxy) is 1. The Morgan fingerprint density at radius 2 is 1.95 bits per heavy atom. The Morgan fingerprint density at radius 3 is 2.64 bits per heavy atom. The molecule has 3 aromatic rings. The second kappa shape index (κ2) is 5.92. The lowest BCUT2D eigenvalue weighted by molar-refractivity contribution is 0.419. The Balaban J connectivity index is 2.34. The highest BCUT2D eigenvalue weighted by Gasteiger charge is 2.16. The molecule has 0 unspecified atom stereocenters. The summed E-state index contributed by atoms with van der Waals surface area (Å²) in [4.78, 5) is 3.19. The summed E-state index contributed by atoms with van der Waals surface area (Å²) in [5.41, 5.74) is 3.59. The summed E-state index contributed by atoms with van der Waals surface area (Å²) in [7, 11) is 1.62. The van der Waals surface area contributed by atoms with Gasteiger partial charge in [-0.15, -0.1) is 0 Å². The van der Waals surface area contributed by atoms with Gasteiger partial charge in [0.2, 0.25) is 0 Å². The first-order valence-electron chi connectivity index (χ1n) is 6.65. The summed E-state index contributed by atoms with van der Waals surface area (Å²) < 4.78 is 5.39. The first kappa shape index (κ1) is 14.8. The van der Waals surface area contributed by atoms with Crippen LogP contribution in [-0.2, 0) is 6.42 Å². The van der Waals surface area contributed by atoms with Crippen molar-refractivity contribution in [3.63, 3.8) is 0 Å². The minimum Gasteiger partial charge on any atom is -0.495 e. The molecule has 1 heterocycles. The monoisotopic (exact) mass is 330 g/mol. The fraction of sp³-hybridized carbons (Fsp3) is 0.118. The number of rotatable bonds is 3. The number of hydrogen-bond acceptors (Lipinski definition) is 2. The standard InChI is InChI=1S/C17H12Cl2N2O/c1-22-15-5-4-13(12-3-2-11(18)8-14(12)19)16-10(6-7-20)9-21-17(15)16/h2-5,8-9,21H,6H2,1H3. The van der Waals surface area contributed by atoms with E-state index in [9.17, 15) is 0 Å². The predicted octanol–water partition coefficient (Wildman–Crippen LogP) is 5.22. The molecule has 1 aromatic heterocycles. The molecular formula is C17H12Cl2N2O. The van der Waals surface area contributed by atoms with E-state index in [4.69, 9.17) is 33.2 Å². The van der Waals surface area contributed by atoms with Crippen LogP contribution in [0.25, 0.3) is 22.0 Å². The van der Waals surface area contributed by atoms with Gasteiger partial charge in [0.25, 0.3) is 0 Å². The second-order valence-corrected chi connectivity index (χ2v) is 5.68. The van der Waals surface area contributed by atoms with Crippen molar-refractivity contribution in [3.05, 3.63) is 52.1 Å². The van der Waals surface area contributed by atoms with Gasteiger partial charge in [-0.05, 0) is 35.4 Å². The van der Waals surface area contributed by atoms with E-state index in [0.29, 0.717) is 16.5 Å². The highest BCUT2D eigenvalue weighted by Crippen LogP contribution is 2.39. The van der Waals surface area contributed by atoms with Crippen molar-refractivity contribution in [3.8, 4) is 22.9 Å². The van der Waals surface area contributed by atoms with Gasteiger partial charge in [-0.3, -0.25) is 0 Å². The Hall–Kier alpha value is -2.15. The van der Waals surface area contributed by atoms with Crippen LogP contribution in [-0.4, -0.2) is 12.1 Å². The van der Waals surface area contributed by atoms with Gasteiger partial charge >= 0.3 is 0 Å². The first-order chi connectivity index (χ1) is 10.7. The van der Waals surface area contributed by atoms with Gasteiger partial charge in [-0.1, -0.05) is 29.3 Å². The molecule has 5 heteroatoms. The molecule has 3 rings (SSSR count). The van der Waals surface area contributed by atoms with E-state index in [1.165, 1.54) is 0 Å². The Morgan fingerprint density at radius 1 is 1.18 bits per heavy atom. The second-order valence-electron chi connectivity index (χ2n) is 4.84. The fourth-order valence-electron chi connectivity index (χ4n) is 2.62. The lowest BCUT2D eigenvalue weighted by Crippen LogP contribution is -1.89. The maximum absolute atomic E-state index is 9.04. The summed E-state index contributed by atoms with van der Waals surface area (Å²) in [6.45, 7) is 0. The smallest absolute Gasteiger partial charge is 0.142 e. The number of nitriles is 1. The summed E-state index contributed by atoms with van der Waals surface area (Å²) in [6.07, 6.45) is 2.15. The summed E-state index contributed by atoms with van der Waals surface area (Å²) in [5, 5.41) is 11.1. The van der Waals surface area contributed by atoms with Crippen LogP contribution in [0.2, 0.25) is 10.0 Å². The predicted molar refractivity (Wildman–Crippen MR) is 89.6 cm³/mol. The van der Waals surface area contributed by atoms with Crippen molar-refractivity contribution < 1.29 is 4.74 Å². The van der Waals surface area contributed by atoms with Gasteiger partial charge < -0.3 is 9.72 Å². The molecule has 2 aromatic carbocycles. The number of methoxy groups -OCH3 is 1. The van der Waals surface area contributed by atoms with Crippen molar-refractivity contribution in [2.24, 2.45) is 0 Å². The van der Waals surface area contributed by atoms with Crippen molar-refractivity contribution >= 4 is 34.1 Å². The fourth-order valence-corrected chi connectivity index (χ4v) is 3.13. The summed E-state index contributed by atoms with van der Waals surface area (Å²) in [6, 6.07) is 11.4. The van der Waals surface area contributed by atoms with Gasteiger partial charge in [0.05, 0.1) is 25.1 Å². The maximum Gasteiger partial charge on any atom is 0.142 e. The normalized spacial score (nSPS) is 10.6. The van der Waals surface area contributed by atoms with Crippen LogP contribution in [0.3, 0.4) is 0 Å². The number of fused-ring (bicyclic) bond motifs is 1. The maximum atomic E-state index is 9.04. The number of hydrogen-bond donors (Lipinski definition) is 1. The molecule has 0 fully saturated rings. The minimum atomic E-state index is 0.311. The van der Waals surface area contributed by atoms with Crippen LogP contribution in [0.1, 0.15) is 5.56 Å². The third kappa shape index (κ3) is 2.41. The third-order valence-electron chi connectivity index (χ3n) is 3.59. The molecule has 0 saturated heterocycles. The van der Waals surface area contributed by atoms with Gasteiger partial charge in [-0.2, -0.15) is 5.26 Å². The third-order valence-corrected chi connectivity index (χ3v) is 4.14. The van der Waals surface area contributed by atoms with Crippen LogP contribution in [0.15, 0.2) is 36.5 Å². The van der Waals surface area contributed by atoms with E-state index in [-0.39, 0.29) is 0 Å². The van der Waals surface area contributed by atoms with Crippen LogP contribution >= 0.6 is 23.2 Å². The van der Waals surface area contributed by atoms with Crippen molar-refractivity contribution in [1.29, 1.82) is 5.26 Å². The molecule has 0 spiro atoms. The van der Waals surface area contributed by atoms with E-state index in [1.807, 2.05) is 24.4 Å². The molecule has 0 bridgehead atoms. The van der Waals surface area contributed by atoms with Crippen molar-refractivity contribution in [2.45, 2.75) is 6.42 Å². The number of nitrogens with one attached hydrogen (secondary N) is 1. The molecule has 0 amide bonds. The van der Waals surface area contributed by atoms with Gasteiger partial charge in [0.15, 0.2) is 0 Å². The van der Waals surface area contributed by atoms with Gasteiger partial charge in [0.1, 0.15) is 5.75 Å². The average Bonchev–Trinajstić information content (AvgIpc) is 2.91. The quantitative estimate of drug-likeness (QED) is 0.715. The number of H-pyrrole nitrogens is 1. The lowest BCUT2D eigenvalue weighted by Gasteiger charge is -2.10. The molecule has 110 valence electrons. The van der Waals surface area contributed by atoms with E-state index in [2.05, 4.69) is 11.1 Å². The summed E-state index contributed by atoms with van der Waals surface area (Å²) >= 11 is 12.3.